The fourth-order valence-electron chi connectivity index (χ4n) is 3.69. The molecule has 1 saturated heterocycles. The molecule has 0 radical (unpaired) electrons. The van der Waals surface area contributed by atoms with Crippen molar-refractivity contribution in [3.05, 3.63) is 35.7 Å². The van der Waals surface area contributed by atoms with Crippen LogP contribution in [-0.2, 0) is 17.8 Å². The number of hydrogen-bond acceptors (Lipinski definition) is 3. The standard InChI is InChI=1S/C19H29N5O/c1-14(2)11-24-16(4)18(15(3)21-24)10-19(25)22-8-5-6-17(12-22)23-9-7-20-13-23/h7,9,13-14,17H,5-6,8,10-12H2,1-4H3/t17-/m0/s1. The van der Waals surface area contributed by atoms with Gasteiger partial charge < -0.3 is 9.47 Å². The van der Waals surface area contributed by atoms with E-state index in [-0.39, 0.29) is 5.91 Å². The number of carbonyl (C=O) groups is 1. The van der Waals surface area contributed by atoms with Crippen molar-refractivity contribution in [3.63, 3.8) is 0 Å². The van der Waals surface area contributed by atoms with E-state index in [1.807, 2.05) is 29.0 Å². The lowest BCUT2D eigenvalue weighted by Crippen LogP contribution is -2.41. The highest BCUT2D eigenvalue weighted by Crippen LogP contribution is 2.23. The summed E-state index contributed by atoms with van der Waals surface area (Å²) < 4.78 is 4.17. The van der Waals surface area contributed by atoms with Crippen LogP contribution in [-0.4, -0.2) is 43.2 Å². The second-order valence-electron chi connectivity index (χ2n) is 7.55. The third kappa shape index (κ3) is 3.94. The first kappa shape index (κ1) is 17.7. The fraction of sp³-hybridized carbons (Fsp3) is 0.632. The quantitative estimate of drug-likeness (QED) is 0.839. The van der Waals surface area contributed by atoms with Gasteiger partial charge in [-0.3, -0.25) is 9.48 Å². The van der Waals surface area contributed by atoms with Gasteiger partial charge >= 0.3 is 0 Å². The molecule has 0 spiro atoms. The van der Waals surface area contributed by atoms with Gasteiger partial charge in [0.25, 0.3) is 0 Å². The first-order chi connectivity index (χ1) is 12.0. The van der Waals surface area contributed by atoms with Gasteiger partial charge in [-0.2, -0.15) is 5.10 Å². The molecule has 0 aliphatic carbocycles. The second kappa shape index (κ2) is 7.42. The van der Waals surface area contributed by atoms with Gasteiger partial charge in [0.05, 0.1) is 24.5 Å². The molecule has 0 N–H and O–H groups in total. The van der Waals surface area contributed by atoms with Crippen LogP contribution in [0.25, 0.3) is 0 Å². The molecule has 1 aliphatic rings. The molecule has 3 heterocycles. The number of aromatic nitrogens is 4. The van der Waals surface area contributed by atoms with Gasteiger partial charge in [0.15, 0.2) is 0 Å². The molecule has 0 unspecified atom stereocenters. The first-order valence-corrected chi connectivity index (χ1v) is 9.23. The van der Waals surface area contributed by atoms with Crippen molar-refractivity contribution >= 4 is 5.91 Å². The normalized spacial score (nSPS) is 18.1. The molecule has 0 aromatic carbocycles. The lowest BCUT2D eigenvalue weighted by Gasteiger charge is -2.33. The van der Waals surface area contributed by atoms with Crippen LogP contribution in [0.15, 0.2) is 18.7 Å². The number of likely N-dealkylation sites (tertiary alicyclic amines) is 1. The van der Waals surface area contributed by atoms with Crippen LogP contribution in [0.1, 0.15) is 49.7 Å². The van der Waals surface area contributed by atoms with Crippen LogP contribution in [0.2, 0.25) is 0 Å². The van der Waals surface area contributed by atoms with Crippen LogP contribution < -0.4 is 0 Å². The summed E-state index contributed by atoms with van der Waals surface area (Å²) in [6, 6.07) is 0.339. The Bertz CT molecular complexity index is 717. The van der Waals surface area contributed by atoms with Crippen LogP contribution in [0, 0.1) is 19.8 Å². The molecule has 1 atom stereocenters. The van der Waals surface area contributed by atoms with E-state index in [0.29, 0.717) is 18.4 Å². The molecule has 6 nitrogen and oxygen atoms in total. The number of carbonyl (C=O) groups excluding carboxylic acids is 1. The Morgan fingerprint density at radius 1 is 1.36 bits per heavy atom. The van der Waals surface area contributed by atoms with Gasteiger partial charge in [-0.1, -0.05) is 13.8 Å². The Kier molecular flexibility index (Phi) is 5.25. The Morgan fingerprint density at radius 3 is 2.84 bits per heavy atom. The zero-order valence-corrected chi connectivity index (χ0v) is 15.8. The molecular formula is C19H29N5O. The van der Waals surface area contributed by atoms with Crippen molar-refractivity contribution < 1.29 is 4.79 Å². The topological polar surface area (TPSA) is 56.0 Å². The van der Waals surface area contributed by atoms with Crippen LogP contribution >= 0.6 is 0 Å². The lowest BCUT2D eigenvalue weighted by molar-refractivity contribution is -0.132. The van der Waals surface area contributed by atoms with Crippen molar-refractivity contribution in [2.24, 2.45) is 5.92 Å². The monoisotopic (exact) mass is 343 g/mol. The van der Waals surface area contributed by atoms with Crippen molar-refractivity contribution in [2.75, 3.05) is 13.1 Å². The predicted molar refractivity (Wildman–Crippen MR) is 97.3 cm³/mol. The molecule has 1 amide bonds. The van der Waals surface area contributed by atoms with E-state index in [1.54, 1.807) is 6.20 Å². The summed E-state index contributed by atoms with van der Waals surface area (Å²) in [7, 11) is 0. The maximum Gasteiger partial charge on any atom is 0.227 e. The zero-order chi connectivity index (χ0) is 18.0. The number of imidazole rings is 1. The minimum atomic E-state index is 0.208. The Morgan fingerprint density at radius 2 is 2.16 bits per heavy atom. The Labute approximate surface area is 149 Å². The summed E-state index contributed by atoms with van der Waals surface area (Å²) in [5, 5.41) is 4.64. The number of rotatable bonds is 5. The zero-order valence-electron chi connectivity index (χ0n) is 15.8. The maximum atomic E-state index is 12.9. The lowest BCUT2D eigenvalue weighted by atomic mass is 10.0. The molecule has 0 saturated carbocycles. The van der Waals surface area contributed by atoms with E-state index >= 15 is 0 Å². The van der Waals surface area contributed by atoms with Crippen molar-refractivity contribution in [3.8, 4) is 0 Å². The molecule has 2 aromatic rings. The van der Waals surface area contributed by atoms with Gasteiger partial charge in [-0.25, -0.2) is 4.98 Å². The molecule has 2 aromatic heterocycles. The van der Waals surface area contributed by atoms with Gasteiger partial charge in [0.1, 0.15) is 0 Å². The summed E-state index contributed by atoms with van der Waals surface area (Å²) in [6.07, 6.45) is 8.23. The molecule has 136 valence electrons. The highest BCUT2D eigenvalue weighted by atomic mass is 16.2. The summed E-state index contributed by atoms with van der Waals surface area (Å²) in [6.45, 7) is 11.0. The number of piperidine rings is 1. The van der Waals surface area contributed by atoms with Crippen molar-refractivity contribution in [2.45, 2.75) is 59.5 Å². The second-order valence-corrected chi connectivity index (χ2v) is 7.55. The molecule has 0 bridgehead atoms. The number of hydrogen-bond donors (Lipinski definition) is 0. The Balaban J connectivity index is 1.69. The predicted octanol–water partition coefficient (Wildman–Crippen LogP) is 2.76. The average Bonchev–Trinajstić information content (AvgIpc) is 3.19. The minimum absolute atomic E-state index is 0.208. The molecule has 1 fully saturated rings. The highest BCUT2D eigenvalue weighted by molar-refractivity contribution is 5.79. The summed E-state index contributed by atoms with van der Waals surface area (Å²) >= 11 is 0. The smallest absolute Gasteiger partial charge is 0.227 e. The van der Waals surface area contributed by atoms with Gasteiger partial charge in [0, 0.05) is 43.3 Å². The SMILES string of the molecule is Cc1nn(CC(C)C)c(C)c1CC(=O)N1CCC[C@H](n2ccnc2)C1. The highest BCUT2D eigenvalue weighted by Gasteiger charge is 2.26. The number of aryl methyl sites for hydroxylation is 1. The molecule has 1 aliphatic heterocycles. The van der Waals surface area contributed by atoms with Crippen LogP contribution in [0.3, 0.4) is 0 Å². The van der Waals surface area contributed by atoms with Gasteiger partial charge in [-0.05, 0) is 32.6 Å². The Hall–Kier alpha value is -2.11. The van der Waals surface area contributed by atoms with Crippen molar-refractivity contribution in [1.29, 1.82) is 0 Å². The van der Waals surface area contributed by atoms with Crippen LogP contribution in [0.4, 0.5) is 0 Å². The molecular weight excluding hydrogens is 314 g/mol. The van der Waals surface area contributed by atoms with Crippen LogP contribution in [0.5, 0.6) is 0 Å². The van der Waals surface area contributed by atoms with E-state index in [9.17, 15) is 4.79 Å². The molecule has 6 heteroatoms. The first-order valence-electron chi connectivity index (χ1n) is 9.23. The van der Waals surface area contributed by atoms with Gasteiger partial charge in [0.2, 0.25) is 5.91 Å². The minimum Gasteiger partial charge on any atom is -0.340 e. The van der Waals surface area contributed by atoms with Crippen molar-refractivity contribution in [1.82, 2.24) is 24.2 Å². The molecule has 25 heavy (non-hydrogen) atoms. The molecule has 3 rings (SSSR count). The maximum absolute atomic E-state index is 12.9. The third-order valence-corrected chi connectivity index (χ3v) is 5.09. The van der Waals surface area contributed by atoms with E-state index < -0.39 is 0 Å². The fourth-order valence-corrected chi connectivity index (χ4v) is 3.69. The average molecular weight is 343 g/mol. The van der Waals surface area contributed by atoms with E-state index in [2.05, 4.69) is 35.4 Å². The number of nitrogens with zero attached hydrogens (tertiary/aromatic N) is 5. The third-order valence-electron chi connectivity index (χ3n) is 5.09. The summed E-state index contributed by atoms with van der Waals surface area (Å²) in [5.74, 6) is 0.750. The number of amides is 1. The summed E-state index contributed by atoms with van der Waals surface area (Å²) in [4.78, 5) is 19.0. The van der Waals surface area contributed by atoms with E-state index in [0.717, 1.165) is 49.4 Å². The summed E-state index contributed by atoms with van der Waals surface area (Å²) in [5.41, 5.74) is 3.20. The van der Waals surface area contributed by atoms with E-state index in [1.165, 1.54) is 0 Å². The van der Waals surface area contributed by atoms with E-state index in [4.69, 9.17) is 0 Å². The largest absolute Gasteiger partial charge is 0.340 e. The van der Waals surface area contributed by atoms with Gasteiger partial charge in [-0.15, -0.1) is 0 Å².